The van der Waals surface area contributed by atoms with Crippen LogP contribution < -0.4 is 0 Å². The maximum Gasteiger partial charge on any atom is 0.253 e. The van der Waals surface area contributed by atoms with Crippen molar-refractivity contribution in [2.75, 3.05) is 33.2 Å². The molecule has 6 nitrogen and oxygen atoms in total. The molecule has 0 radical (unpaired) electrons. The highest BCUT2D eigenvalue weighted by Crippen LogP contribution is 2.25. The van der Waals surface area contributed by atoms with Gasteiger partial charge >= 0.3 is 0 Å². The SMILES string of the molecule is CN1CCN(C(=O)c2cccc(-c3cnc4cnc(-c5ccc(Cl)cc5)cn34)c2)CC1. The molecule has 1 amide bonds. The van der Waals surface area contributed by atoms with E-state index in [9.17, 15) is 4.79 Å². The minimum Gasteiger partial charge on any atom is -0.336 e. The number of amides is 1. The van der Waals surface area contributed by atoms with Gasteiger partial charge in [-0.3, -0.25) is 14.2 Å². The molecule has 1 aliphatic rings. The lowest BCUT2D eigenvalue weighted by Gasteiger charge is -2.32. The van der Waals surface area contributed by atoms with Gasteiger partial charge in [0.05, 0.1) is 23.8 Å². The third-order valence-corrected chi connectivity index (χ3v) is 5.98. The minimum absolute atomic E-state index is 0.0762. The number of nitrogens with zero attached hydrogens (tertiary/aromatic N) is 5. The number of piperazine rings is 1. The fourth-order valence-electron chi connectivity index (χ4n) is 3.88. The zero-order valence-corrected chi connectivity index (χ0v) is 18.0. The minimum atomic E-state index is 0.0762. The Labute approximate surface area is 185 Å². The van der Waals surface area contributed by atoms with Crippen LogP contribution in [0.4, 0.5) is 0 Å². The highest BCUT2D eigenvalue weighted by molar-refractivity contribution is 6.30. The van der Waals surface area contributed by atoms with Crippen LogP contribution in [0.25, 0.3) is 28.2 Å². The zero-order chi connectivity index (χ0) is 21.4. The molecule has 0 N–H and O–H groups in total. The molecular formula is C24H22ClN5O. The van der Waals surface area contributed by atoms with Crippen molar-refractivity contribution in [1.29, 1.82) is 0 Å². The molecule has 0 spiro atoms. The Hall–Kier alpha value is -3.22. The molecule has 1 fully saturated rings. The van der Waals surface area contributed by atoms with Gasteiger partial charge < -0.3 is 9.80 Å². The van der Waals surface area contributed by atoms with Gasteiger partial charge in [-0.1, -0.05) is 35.9 Å². The van der Waals surface area contributed by atoms with Crippen LogP contribution in [0.15, 0.2) is 67.1 Å². The lowest BCUT2D eigenvalue weighted by Crippen LogP contribution is -2.47. The highest BCUT2D eigenvalue weighted by atomic mass is 35.5. The van der Waals surface area contributed by atoms with Gasteiger partial charge in [-0.05, 0) is 31.3 Å². The molecular weight excluding hydrogens is 410 g/mol. The van der Waals surface area contributed by atoms with Crippen molar-refractivity contribution in [3.8, 4) is 22.5 Å². The average Bonchev–Trinajstić information content (AvgIpc) is 3.23. The average molecular weight is 432 g/mol. The Balaban J connectivity index is 1.49. The summed E-state index contributed by atoms with van der Waals surface area (Å²) in [6.45, 7) is 3.31. The predicted molar refractivity (Wildman–Crippen MR) is 122 cm³/mol. The summed E-state index contributed by atoms with van der Waals surface area (Å²) in [4.78, 5) is 26.2. The van der Waals surface area contributed by atoms with Gasteiger partial charge in [0.15, 0.2) is 5.65 Å². The van der Waals surface area contributed by atoms with Gasteiger partial charge in [0.2, 0.25) is 0 Å². The second-order valence-corrected chi connectivity index (χ2v) is 8.26. The van der Waals surface area contributed by atoms with E-state index in [0.29, 0.717) is 10.6 Å². The topological polar surface area (TPSA) is 53.7 Å². The summed E-state index contributed by atoms with van der Waals surface area (Å²) in [7, 11) is 2.08. The second kappa shape index (κ2) is 8.13. The van der Waals surface area contributed by atoms with E-state index in [1.807, 2.05) is 70.2 Å². The number of hydrogen-bond acceptors (Lipinski definition) is 4. The number of carbonyl (C=O) groups excluding carboxylic acids is 1. The van der Waals surface area contributed by atoms with E-state index in [4.69, 9.17) is 11.6 Å². The first-order valence-corrected chi connectivity index (χ1v) is 10.6. The molecule has 31 heavy (non-hydrogen) atoms. The first kappa shape index (κ1) is 19.7. The maximum atomic E-state index is 13.0. The van der Waals surface area contributed by atoms with E-state index in [2.05, 4.69) is 21.9 Å². The third-order valence-electron chi connectivity index (χ3n) is 5.73. The Morgan fingerprint density at radius 3 is 2.48 bits per heavy atom. The van der Waals surface area contributed by atoms with Crippen LogP contribution in [0.1, 0.15) is 10.4 Å². The summed E-state index contributed by atoms with van der Waals surface area (Å²) in [6.07, 6.45) is 5.55. The Morgan fingerprint density at radius 2 is 1.71 bits per heavy atom. The van der Waals surface area contributed by atoms with Crippen LogP contribution in [0.5, 0.6) is 0 Å². The number of rotatable bonds is 3. The van der Waals surface area contributed by atoms with E-state index in [1.54, 1.807) is 6.20 Å². The number of fused-ring (bicyclic) bond motifs is 1. The number of likely N-dealkylation sites (N-methyl/N-ethyl adjacent to an activating group) is 1. The standard InChI is InChI=1S/C24H22ClN5O/c1-28-9-11-29(12-10-28)24(31)19-4-2-3-18(13-19)22-14-27-23-15-26-21(16-30(22)23)17-5-7-20(25)8-6-17/h2-8,13-16H,9-12H2,1H3. The summed E-state index contributed by atoms with van der Waals surface area (Å²) in [6, 6.07) is 15.4. The number of hydrogen-bond donors (Lipinski definition) is 0. The molecule has 1 saturated heterocycles. The van der Waals surface area contributed by atoms with Crippen LogP contribution in [0, 0.1) is 0 Å². The number of imidazole rings is 1. The molecule has 156 valence electrons. The monoisotopic (exact) mass is 431 g/mol. The molecule has 2 aromatic carbocycles. The summed E-state index contributed by atoms with van der Waals surface area (Å²) >= 11 is 6.02. The summed E-state index contributed by atoms with van der Waals surface area (Å²) < 4.78 is 2.01. The largest absolute Gasteiger partial charge is 0.336 e. The van der Waals surface area contributed by atoms with Gasteiger partial charge in [-0.25, -0.2) is 4.98 Å². The molecule has 7 heteroatoms. The summed E-state index contributed by atoms with van der Waals surface area (Å²) in [5, 5.41) is 0.690. The van der Waals surface area contributed by atoms with Gasteiger partial charge in [0.1, 0.15) is 0 Å². The van der Waals surface area contributed by atoms with Crippen molar-refractivity contribution in [3.63, 3.8) is 0 Å². The number of halogens is 1. The molecule has 5 rings (SSSR count). The Morgan fingerprint density at radius 1 is 0.935 bits per heavy atom. The Kier molecular flexibility index (Phi) is 5.18. The predicted octanol–water partition coefficient (Wildman–Crippen LogP) is 4.10. The van der Waals surface area contributed by atoms with Crippen molar-refractivity contribution in [2.45, 2.75) is 0 Å². The number of aromatic nitrogens is 3. The molecule has 0 saturated carbocycles. The highest BCUT2D eigenvalue weighted by Gasteiger charge is 2.21. The smallest absolute Gasteiger partial charge is 0.253 e. The van der Waals surface area contributed by atoms with E-state index < -0.39 is 0 Å². The van der Waals surface area contributed by atoms with Gasteiger partial charge in [-0.15, -0.1) is 0 Å². The van der Waals surface area contributed by atoms with Crippen LogP contribution >= 0.6 is 11.6 Å². The second-order valence-electron chi connectivity index (χ2n) is 7.83. The first-order valence-electron chi connectivity index (χ1n) is 10.3. The van der Waals surface area contributed by atoms with Crippen LogP contribution in [-0.4, -0.2) is 63.3 Å². The summed E-state index contributed by atoms with van der Waals surface area (Å²) in [5.41, 5.74) is 5.12. The fraction of sp³-hybridized carbons (Fsp3) is 0.208. The van der Waals surface area contributed by atoms with Crippen molar-refractivity contribution < 1.29 is 4.79 Å². The lowest BCUT2D eigenvalue weighted by molar-refractivity contribution is 0.0664. The zero-order valence-electron chi connectivity index (χ0n) is 17.2. The molecule has 0 atom stereocenters. The van der Waals surface area contributed by atoms with Crippen molar-refractivity contribution in [1.82, 2.24) is 24.2 Å². The third kappa shape index (κ3) is 3.92. The van der Waals surface area contributed by atoms with Crippen LogP contribution in [-0.2, 0) is 0 Å². The van der Waals surface area contributed by atoms with Gasteiger partial charge in [0, 0.05) is 54.1 Å². The van der Waals surface area contributed by atoms with Crippen molar-refractivity contribution in [3.05, 3.63) is 77.7 Å². The van der Waals surface area contributed by atoms with Crippen LogP contribution in [0.3, 0.4) is 0 Å². The molecule has 2 aromatic heterocycles. The fourth-order valence-corrected chi connectivity index (χ4v) is 4.00. The molecule has 3 heterocycles. The Bertz CT molecular complexity index is 1240. The first-order chi connectivity index (χ1) is 15.1. The normalized spacial score (nSPS) is 14.8. The number of carbonyl (C=O) groups is 1. The molecule has 0 aliphatic carbocycles. The van der Waals surface area contributed by atoms with Crippen LogP contribution in [0.2, 0.25) is 5.02 Å². The lowest BCUT2D eigenvalue weighted by atomic mass is 10.1. The maximum absolute atomic E-state index is 13.0. The van der Waals surface area contributed by atoms with Crippen molar-refractivity contribution in [2.24, 2.45) is 0 Å². The van der Waals surface area contributed by atoms with E-state index in [1.165, 1.54) is 0 Å². The quantitative estimate of drug-likeness (QED) is 0.490. The van der Waals surface area contributed by atoms with Crippen molar-refractivity contribution >= 4 is 23.2 Å². The molecule has 0 bridgehead atoms. The van der Waals surface area contributed by atoms with Gasteiger partial charge in [-0.2, -0.15) is 0 Å². The molecule has 4 aromatic rings. The van der Waals surface area contributed by atoms with E-state index in [-0.39, 0.29) is 5.91 Å². The summed E-state index contributed by atoms with van der Waals surface area (Å²) in [5.74, 6) is 0.0762. The van der Waals surface area contributed by atoms with E-state index in [0.717, 1.165) is 54.3 Å². The van der Waals surface area contributed by atoms with E-state index >= 15 is 0 Å². The molecule has 1 aliphatic heterocycles. The number of benzene rings is 2. The molecule has 0 unspecified atom stereocenters. The van der Waals surface area contributed by atoms with Gasteiger partial charge in [0.25, 0.3) is 5.91 Å².